The third kappa shape index (κ3) is 4.69. The van der Waals surface area contributed by atoms with Crippen molar-refractivity contribution in [2.24, 2.45) is 0 Å². The van der Waals surface area contributed by atoms with E-state index in [-0.39, 0.29) is 38.7 Å². The second kappa shape index (κ2) is 8.67. The molecule has 0 saturated heterocycles. The molecule has 112 valence electrons. The van der Waals surface area contributed by atoms with Crippen LogP contribution >= 0.6 is 57.6 Å². The molecule has 0 radical (unpaired) electrons. The fourth-order valence-corrected chi connectivity index (χ4v) is 11.7. The van der Waals surface area contributed by atoms with Gasteiger partial charge in [0.15, 0.2) is 0 Å². The zero-order valence-electron chi connectivity index (χ0n) is 11.5. The Bertz CT molecular complexity index is 646. The Balaban J connectivity index is 0.00000220. The second-order valence-corrected chi connectivity index (χ2v) is 13.8. The average Bonchev–Trinajstić information content (AvgIpc) is 2.43. The zero-order valence-corrected chi connectivity index (χ0v) is 20.4. The van der Waals surface area contributed by atoms with Crippen molar-refractivity contribution in [3.63, 3.8) is 0 Å². The van der Waals surface area contributed by atoms with Gasteiger partial charge in [0.25, 0.3) is 0 Å². The smallest absolute Gasteiger partial charge is 0.147 e. The van der Waals surface area contributed by atoms with Gasteiger partial charge in [0.1, 0.15) is 0 Å². The van der Waals surface area contributed by atoms with E-state index in [1.54, 1.807) is 0 Å². The Morgan fingerprint density at radius 2 is 1.10 bits per heavy atom. The van der Waals surface area contributed by atoms with E-state index in [0.29, 0.717) is 0 Å². The Morgan fingerprint density at radius 1 is 0.762 bits per heavy atom. The number of nitrogen functional groups attached to an aromatic ring is 2. The van der Waals surface area contributed by atoms with Gasteiger partial charge in [0.05, 0.1) is 0 Å². The van der Waals surface area contributed by atoms with Crippen molar-refractivity contribution in [1.29, 1.82) is 0 Å². The fraction of sp³-hybridized carbons (Fsp3) is 0.143. The van der Waals surface area contributed by atoms with Crippen molar-refractivity contribution in [2.75, 3.05) is 11.5 Å². The molecular formula is C14H15As2ClI2N2. The van der Waals surface area contributed by atoms with Gasteiger partial charge in [-0.3, -0.25) is 0 Å². The molecule has 0 unspecified atom stereocenters. The molecule has 0 aromatic heterocycles. The fourth-order valence-electron chi connectivity index (χ4n) is 1.67. The van der Waals surface area contributed by atoms with Gasteiger partial charge < -0.3 is 0 Å². The molecule has 0 amide bonds. The molecule has 0 aliphatic carbocycles. The molecule has 0 aliphatic rings. The van der Waals surface area contributed by atoms with Gasteiger partial charge in [-0.1, -0.05) is 0 Å². The molecule has 21 heavy (non-hydrogen) atoms. The van der Waals surface area contributed by atoms with E-state index < -0.39 is 0 Å². The maximum atomic E-state index is 6.24. The molecule has 0 heterocycles. The van der Waals surface area contributed by atoms with E-state index in [2.05, 4.69) is 83.3 Å². The maximum absolute atomic E-state index is 6.24. The van der Waals surface area contributed by atoms with Crippen LogP contribution in [0.4, 0.5) is 11.4 Å². The summed E-state index contributed by atoms with van der Waals surface area (Å²) in [6, 6.07) is 8.73. The van der Waals surface area contributed by atoms with Gasteiger partial charge >= 0.3 is 159 Å². The molecular weight excluding hydrogens is 635 g/mol. The molecule has 0 saturated carbocycles. The summed E-state index contributed by atoms with van der Waals surface area (Å²) in [6.07, 6.45) is 0. The Morgan fingerprint density at radius 3 is 1.43 bits per heavy atom. The third-order valence-electron chi connectivity index (χ3n) is 2.97. The predicted octanol–water partition coefficient (Wildman–Crippen LogP) is 2.37. The molecule has 0 fully saturated rings. The number of nitrogens with two attached hydrogens (primary N) is 2. The quantitative estimate of drug-likeness (QED) is 0.298. The summed E-state index contributed by atoms with van der Waals surface area (Å²) in [5.74, 6) is 0. The monoisotopic (exact) mass is 650 g/mol. The molecule has 2 aromatic rings. The minimum absolute atomic E-state index is 0. The minimum atomic E-state index is 0. The van der Waals surface area contributed by atoms with Crippen LogP contribution in [0.1, 0.15) is 11.1 Å². The summed E-state index contributed by atoms with van der Waals surface area (Å²) in [5.41, 5.74) is 16.9. The van der Waals surface area contributed by atoms with E-state index >= 15 is 0 Å². The van der Waals surface area contributed by atoms with Crippen molar-refractivity contribution < 1.29 is 0 Å². The van der Waals surface area contributed by atoms with Crippen LogP contribution in [0, 0.1) is 21.0 Å². The third-order valence-corrected chi connectivity index (χ3v) is 14.4. The van der Waals surface area contributed by atoms with Crippen LogP contribution in [0.5, 0.6) is 0 Å². The van der Waals surface area contributed by atoms with E-state index in [1.165, 1.54) is 27.0 Å². The Labute approximate surface area is 169 Å². The largest absolute Gasteiger partial charge is 0.147 e. The van der Waals surface area contributed by atoms with E-state index in [9.17, 15) is 0 Å². The van der Waals surface area contributed by atoms with Crippen molar-refractivity contribution in [3.8, 4) is 0 Å². The standard InChI is InChI=1S/C14H14As2I2N2.ClH/c1-7-3-5-9(13(19)11(7)17)15-16-10-6-4-8(2)12(18)14(10)20;/h3-6H,19-20H2,1-2H3;1H. The predicted molar refractivity (Wildman–Crippen MR) is 115 cm³/mol. The number of halogens is 3. The van der Waals surface area contributed by atoms with Gasteiger partial charge in [0, 0.05) is 0 Å². The topological polar surface area (TPSA) is 52.0 Å². The summed E-state index contributed by atoms with van der Waals surface area (Å²) in [4.78, 5) is 0. The first-order valence-electron chi connectivity index (χ1n) is 5.92. The van der Waals surface area contributed by atoms with Gasteiger partial charge in [0.2, 0.25) is 0 Å². The summed E-state index contributed by atoms with van der Waals surface area (Å²) < 4.78 is 5.07. The average molecular weight is 650 g/mol. The van der Waals surface area contributed by atoms with E-state index in [1.807, 2.05) is 0 Å². The van der Waals surface area contributed by atoms with Crippen molar-refractivity contribution >= 4 is 104 Å². The number of hydrogen-bond donors (Lipinski definition) is 2. The van der Waals surface area contributed by atoms with Crippen LogP contribution in [0.15, 0.2) is 24.3 Å². The first-order chi connectivity index (χ1) is 9.41. The van der Waals surface area contributed by atoms with Crippen molar-refractivity contribution in [1.82, 2.24) is 0 Å². The van der Waals surface area contributed by atoms with Crippen LogP contribution in [0.2, 0.25) is 0 Å². The molecule has 0 spiro atoms. The zero-order chi connectivity index (χ0) is 14.9. The normalized spacial score (nSPS) is 10.7. The minimum Gasteiger partial charge on any atom is -0.147 e. The van der Waals surface area contributed by atoms with Crippen LogP contribution in [-0.4, -0.2) is 26.3 Å². The maximum Gasteiger partial charge on any atom is -0.147 e. The molecule has 7 heteroatoms. The molecule has 2 aromatic carbocycles. The first kappa shape index (κ1) is 20.0. The van der Waals surface area contributed by atoms with Gasteiger partial charge in [-0.25, -0.2) is 0 Å². The molecule has 4 N–H and O–H groups in total. The number of rotatable bonds is 2. The summed E-state index contributed by atoms with van der Waals surface area (Å²) in [7, 11) is 0. The Kier molecular flexibility index (Phi) is 8.24. The number of aryl methyl sites for hydroxylation is 2. The van der Waals surface area contributed by atoms with Gasteiger partial charge in [-0.15, -0.1) is 12.4 Å². The van der Waals surface area contributed by atoms with E-state index in [4.69, 9.17) is 11.5 Å². The second-order valence-electron chi connectivity index (χ2n) is 4.46. The van der Waals surface area contributed by atoms with Gasteiger partial charge in [-0.2, -0.15) is 0 Å². The van der Waals surface area contributed by atoms with Crippen LogP contribution in [-0.2, 0) is 0 Å². The van der Waals surface area contributed by atoms with E-state index in [0.717, 1.165) is 11.4 Å². The summed E-state index contributed by atoms with van der Waals surface area (Å²) >= 11 is 4.87. The van der Waals surface area contributed by atoms with Gasteiger partial charge in [-0.05, 0) is 0 Å². The first-order valence-corrected chi connectivity index (χ1v) is 15.2. The van der Waals surface area contributed by atoms with Crippen molar-refractivity contribution in [3.05, 3.63) is 42.5 Å². The molecule has 2 rings (SSSR count). The Hall–Kier alpha value is 0.907. The SMILES string of the molecule is Cc1ccc([As]=[As]c2ccc(C)c(I)c2N)c(N)c1I.Cl. The van der Waals surface area contributed by atoms with Crippen molar-refractivity contribution in [2.45, 2.75) is 13.8 Å². The number of hydrogen-bond acceptors (Lipinski definition) is 2. The number of anilines is 2. The molecule has 0 atom stereocenters. The van der Waals surface area contributed by atoms with Crippen LogP contribution in [0.3, 0.4) is 0 Å². The summed E-state index contributed by atoms with van der Waals surface area (Å²) in [5, 5.41) is 0. The van der Waals surface area contributed by atoms with Crippen LogP contribution in [0.25, 0.3) is 0 Å². The molecule has 0 bridgehead atoms. The van der Waals surface area contributed by atoms with Crippen LogP contribution < -0.4 is 20.2 Å². The number of benzene rings is 2. The summed E-state index contributed by atoms with van der Waals surface area (Å²) in [6.45, 7) is 4.21. The molecule has 0 aliphatic heterocycles. The molecule has 2 nitrogen and oxygen atoms in total.